The minimum absolute atomic E-state index is 0.0835. The molecule has 92 valence electrons. The second-order valence-electron chi connectivity index (χ2n) is 4.61. The number of aliphatic carboxylic acids is 1. The lowest BCUT2D eigenvalue weighted by Crippen LogP contribution is -2.51. The van der Waals surface area contributed by atoms with Gasteiger partial charge in [0.15, 0.2) is 0 Å². The minimum Gasteiger partial charge on any atom is -0.481 e. The van der Waals surface area contributed by atoms with Gasteiger partial charge in [-0.05, 0) is 26.0 Å². The van der Waals surface area contributed by atoms with Crippen molar-refractivity contribution in [2.45, 2.75) is 38.3 Å². The lowest BCUT2D eigenvalue weighted by atomic mass is 10.0. The normalized spacial score (nSPS) is 20.5. The molecular weight excluding hydrogens is 228 g/mol. The van der Waals surface area contributed by atoms with Crippen LogP contribution in [0.25, 0.3) is 0 Å². The molecule has 1 rings (SSSR count). The highest BCUT2D eigenvalue weighted by atomic mass is 32.2. The average Bonchev–Trinajstić information content (AvgIpc) is 2.51. The lowest BCUT2D eigenvalue weighted by molar-refractivity contribution is -0.138. The minimum atomic E-state index is -0.915. The molecule has 1 atom stereocenters. The molecule has 1 fully saturated rings. The van der Waals surface area contributed by atoms with Gasteiger partial charge in [0.05, 0.1) is 6.42 Å². The van der Waals surface area contributed by atoms with Crippen LogP contribution in [0.1, 0.15) is 26.7 Å². The molecule has 0 aromatic carbocycles. The van der Waals surface area contributed by atoms with Gasteiger partial charge in [0.1, 0.15) is 0 Å². The van der Waals surface area contributed by atoms with Crippen LogP contribution in [0.5, 0.6) is 0 Å². The number of rotatable bonds is 4. The first-order valence-electron chi connectivity index (χ1n) is 5.27. The Hall–Kier alpha value is -0.910. The predicted octanol–water partition coefficient (Wildman–Crippen LogP) is 1.04. The third-order valence-electron chi connectivity index (χ3n) is 2.31. The van der Waals surface area contributed by atoms with Gasteiger partial charge in [0.25, 0.3) is 0 Å². The molecule has 1 aliphatic rings. The molecule has 0 aromatic heterocycles. The molecular formula is C10H18N2O3S. The first-order valence-corrected chi connectivity index (χ1v) is 6.43. The zero-order valence-electron chi connectivity index (χ0n) is 9.58. The van der Waals surface area contributed by atoms with Gasteiger partial charge in [-0.2, -0.15) is 11.8 Å². The van der Waals surface area contributed by atoms with E-state index in [0.29, 0.717) is 0 Å². The van der Waals surface area contributed by atoms with E-state index in [1.54, 1.807) is 13.8 Å². The van der Waals surface area contributed by atoms with Crippen molar-refractivity contribution in [1.82, 2.24) is 10.6 Å². The number of nitrogens with one attached hydrogen (secondary N) is 2. The molecule has 0 saturated carbocycles. The number of carboxylic acids is 1. The summed E-state index contributed by atoms with van der Waals surface area (Å²) in [6.07, 6.45) is 0.900. The lowest BCUT2D eigenvalue weighted by Gasteiger charge is -2.25. The number of carbonyl (C=O) groups is 2. The van der Waals surface area contributed by atoms with E-state index >= 15 is 0 Å². The Bertz CT molecular complexity index is 275. The number of thioether (sulfide) groups is 1. The second-order valence-corrected chi connectivity index (χ2v) is 5.76. The molecule has 16 heavy (non-hydrogen) atoms. The van der Waals surface area contributed by atoms with Gasteiger partial charge in [0.2, 0.25) is 0 Å². The Balaban J connectivity index is 2.34. The highest BCUT2D eigenvalue weighted by molar-refractivity contribution is 7.99. The largest absolute Gasteiger partial charge is 0.481 e. The molecule has 0 aromatic rings. The molecule has 5 nitrogen and oxygen atoms in total. The summed E-state index contributed by atoms with van der Waals surface area (Å²) in [4.78, 5) is 22.1. The van der Waals surface area contributed by atoms with Gasteiger partial charge < -0.3 is 15.7 Å². The molecule has 0 spiro atoms. The summed E-state index contributed by atoms with van der Waals surface area (Å²) in [5.41, 5.74) is -0.721. The fraction of sp³-hybridized carbons (Fsp3) is 0.800. The van der Waals surface area contributed by atoms with Gasteiger partial charge in [-0.25, -0.2) is 4.79 Å². The van der Waals surface area contributed by atoms with E-state index in [4.69, 9.17) is 5.11 Å². The van der Waals surface area contributed by atoms with Gasteiger partial charge in [-0.1, -0.05) is 0 Å². The average molecular weight is 246 g/mol. The van der Waals surface area contributed by atoms with E-state index in [2.05, 4.69) is 10.6 Å². The van der Waals surface area contributed by atoms with Crippen molar-refractivity contribution < 1.29 is 14.7 Å². The summed E-state index contributed by atoms with van der Waals surface area (Å²) in [6.45, 7) is 3.40. The van der Waals surface area contributed by atoms with Crippen LogP contribution in [0.3, 0.4) is 0 Å². The van der Waals surface area contributed by atoms with Crippen molar-refractivity contribution in [3.63, 3.8) is 0 Å². The number of carbonyl (C=O) groups excluding carboxylic acids is 1. The fourth-order valence-electron chi connectivity index (χ4n) is 1.60. The quantitative estimate of drug-likeness (QED) is 0.692. The Morgan fingerprint density at radius 3 is 2.69 bits per heavy atom. The van der Waals surface area contributed by atoms with Gasteiger partial charge in [-0.3, -0.25) is 4.79 Å². The number of hydrogen-bond donors (Lipinski definition) is 3. The Kier molecular flexibility index (Phi) is 4.46. The Morgan fingerprint density at radius 2 is 2.19 bits per heavy atom. The summed E-state index contributed by atoms with van der Waals surface area (Å²) in [7, 11) is 0. The fourth-order valence-corrected chi connectivity index (χ4v) is 2.75. The van der Waals surface area contributed by atoms with Crippen LogP contribution in [-0.4, -0.2) is 40.2 Å². The Labute approximate surface area is 99.4 Å². The van der Waals surface area contributed by atoms with Crippen LogP contribution < -0.4 is 10.6 Å². The van der Waals surface area contributed by atoms with E-state index in [0.717, 1.165) is 17.9 Å². The maximum atomic E-state index is 11.6. The van der Waals surface area contributed by atoms with Crippen molar-refractivity contribution in [3.8, 4) is 0 Å². The molecule has 1 heterocycles. The summed E-state index contributed by atoms with van der Waals surface area (Å²) < 4.78 is 0. The van der Waals surface area contributed by atoms with E-state index in [1.165, 1.54) is 0 Å². The van der Waals surface area contributed by atoms with Crippen LogP contribution in [0.2, 0.25) is 0 Å². The number of hydrogen-bond acceptors (Lipinski definition) is 3. The standard InChI is InChI=1S/C10H18N2O3S/c1-10(2,5-8(13)14)12-9(15)11-7-3-4-16-6-7/h7H,3-6H2,1-2H3,(H,13,14)(H2,11,12,15). The molecule has 1 aliphatic heterocycles. The van der Waals surface area contributed by atoms with E-state index in [-0.39, 0.29) is 18.5 Å². The molecule has 0 aliphatic carbocycles. The van der Waals surface area contributed by atoms with Crippen molar-refractivity contribution in [2.24, 2.45) is 0 Å². The van der Waals surface area contributed by atoms with Gasteiger partial charge in [-0.15, -0.1) is 0 Å². The first kappa shape index (κ1) is 13.2. The number of carboxylic acid groups (broad SMARTS) is 1. The maximum absolute atomic E-state index is 11.6. The van der Waals surface area contributed by atoms with Crippen LogP contribution in [0.4, 0.5) is 4.79 Å². The Morgan fingerprint density at radius 1 is 1.50 bits per heavy atom. The predicted molar refractivity (Wildman–Crippen MR) is 63.7 cm³/mol. The second kappa shape index (κ2) is 5.43. The third-order valence-corrected chi connectivity index (χ3v) is 3.47. The van der Waals surface area contributed by atoms with Crippen LogP contribution in [-0.2, 0) is 4.79 Å². The molecule has 0 bridgehead atoms. The van der Waals surface area contributed by atoms with Gasteiger partial charge in [0, 0.05) is 17.3 Å². The highest BCUT2D eigenvalue weighted by Crippen LogP contribution is 2.17. The van der Waals surface area contributed by atoms with E-state index < -0.39 is 11.5 Å². The molecule has 2 amide bonds. The summed E-state index contributed by atoms with van der Waals surface area (Å²) in [5, 5.41) is 14.2. The van der Waals surface area contributed by atoms with Crippen LogP contribution in [0.15, 0.2) is 0 Å². The van der Waals surface area contributed by atoms with E-state index in [1.807, 2.05) is 11.8 Å². The van der Waals surface area contributed by atoms with Crippen LogP contribution >= 0.6 is 11.8 Å². The highest BCUT2D eigenvalue weighted by Gasteiger charge is 2.25. The topological polar surface area (TPSA) is 78.4 Å². The molecule has 3 N–H and O–H groups in total. The molecule has 1 unspecified atom stereocenters. The van der Waals surface area contributed by atoms with Crippen molar-refractivity contribution in [2.75, 3.05) is 11.5 Å². The molecule has 6 heteroatoms. The zero-order valence-corrected chi connectivity index (χ0v) is 10.4. The maximum Gasteiger partial charge on any atom is 0.315 e. The van der Waals surface area contributed by atoms with Gasteiger partial charge >= 0.3 is 12.0 Å². The number of amides is 2. The summed E-state index contributed by atoms with van der Waals surface area (Å²) >= 11 is 1.82. The van der Waals surface area contributed by atoms with Crippen molar-refractivity contribution in [1.29, 1.82) is 0 Å². The van der Waals surface area contributed by atoms with E-state index in [9.17, 15) is 9.59 Å². The van der Waals surface area contributed by atoms with Crippen molar-refractivity contribution >= 4 is 23.8 Å². The molecule has 1 saturated heterocycles. The summed E-state index contributed by atoms with van der Waals surface area (Å²) in [5.74, 6) is 1.10. The number of urea groups is 1. The smallest absolute Gasteiger partial charge is 0.315 e. The first-order chi connectivity index (χ1) is 7.39. The summed E-state index contributed by atoms with van der Waals surface area (Å²) in [6, 6.07) is -0.0654. The van der Waals surface area contributed by atoms with Crippen molar-refractivity contribution in [3.05, 3.63) is 0 Å². The molecule has 0 radical (unpaired) electrons. The third kappa shape index (κ3) is 4.74. The van der Waals surface area contributed by atoms with Crippen LogP contribution in [0, 0.1) is 0 Å². The monoisotopic (exact) mass is 246 g/mol. The SMILES string of the molecule is CC(C)(CC(=O)O)NC(=O)NC1CCSC1. The zero-order chi connectivity index (χ0) is 12.2.